The summed E-state index contributed by atoms with van der Waals surface area (Å²) in [6, 6.07) is 26.9. The molecule has 2 amide bonds. The smallest absolute Gasteiger partial charge is 0.252 e. The van der Waals surface area contributed by atoms with Gasteiger partial charge in [-0.1, -0.05) is 59.6 Å². The third-order valence-electron chi connectivity index (χ3n) is 6.37. The molecule has 10 heteroatoms. The van der Waals surface area contributed by atoms with E-state index in [-0.39, 0.29) is 16.9 Å². The highest BCUT2D eigenvalue weighted by Gasteiger charge is 2.26. The zero-order chi connectivity index (χ0) is 30.1. The van der Waals surface area contributed by atoms with Crippen molar-refractivity contribution in [2.45, 2.75) is 25.6 Å². The molecule has 4 rings (SSSR count). The molecule has 42 heavy (non-hydrogen) atoms. The fourth-order valence-corrected chi connectivity index (χ4v) is 4.61. The molecule has 0 bridgehead atoms. The van der Waals surface area contributed by atoms with E-state index in [0.29, 0.717) is 40.6 Å². The van der Waals surface area contributed by atoms with Gasteiger partial charge in [0.05, 0.1) is 0 Å². The van der Waals surface area contributed by atoms with Crippen LogP contribution >= 0.6 is 23.2 Å². The van der Waals surface area contributed by atoms with Gasteiger partial charge in [0.15, 0.2) is 0 Å². The Morgan fingerprint density at radius 2 is 1.55 bits per heavy atom. The van der Waals surface area contributed by atoms with Crippen molar-refractivity contribution >= 4 is 46.5 Å². The van der Waals surface area contributed by atoms with Crippen LogP contribution in [0.4, 0.5) is 5.69 Å². The average Bonchev–Trinajstić information content (AvgIpc) is 2.99. The molecular weight excluding hydrogens is 573 g/mol. The van der Waals surface area contributed by atoms with Gasteiger partial charge in [0, 0.05) is 45.0 Å². The molecule has 216 valence electrons. The summed E-state index contributed by atoms with van der Waals surface area (Å²) >= 11 is 12.5. The van der Waals surface area contributed by atoms with Gasteiger partial charge in [-0.2, -0.15) is 0 Å². The molecule has 0 fully saturated rings. The van der Waals surface area contributed by atoms with E-state index in [1.807, 2.05) is 37.3 Å². The number of anilines is 1. The fraction of sp³-hybridized carbons (Fsp3) is 0.156. The average molecular weight is 605 g/mol. The minimum atomic E-state index is -1.08. The Morgan fingerprint density at radius 1 is 0.881 bits per heavy atom. The normalized spacial score (nSPS) is 12.1. The maximum atomic E-state index is 13.5. The number of hydrogen-bond donors (Lipinski definition) is 5. The highest BCUT2D eigenvalue weighted by atomic mass is 35.5. The van der Waals surface area contributed by atoms with Gasteiger partial charge in [-0.3, -0.25) is 15.0 Å². The number of nitrogens with one attached hydrogen (secondary N) is 4. The van der Waals surface area contributed by atoms with Crippen LogP contribution < -0.4 is 26.4 Å². The van der Waals surface area contributed by atoms with Gasteiger partial charge in [0.1, 0.15) is 24.2 Å². The Morgan fingerprint density at radius 3 is 2.19 bits per heavy atom. The summed E-state index contributed by atoms with van der Waals surface area (Å²) in [5.41, 5.74) is 8.74. The number of rotatable bonds is 12. The monoisotopic (exact) mass is 603 g/mol. The van der Waals surface area contributed by atoms with E-state index in [2.05, 4.69) is 16.0 Å². The fourth-order valence-electron chi connectivity index (χ4n) is 4.09. The van der Waals surface area contributed by atoms with E-state index in [1.54, 1.807) is 60.7 Å². The number of amidine groups is 1. The second kappa shape index (κ2) is 14.4. The van der Waals surface area contributed by atoms with Gasteiger partial charge < -0.3 is 26.4 Å². The van der Waals surface area contributed by atoms with E-state index in [1.165, 1.54) is 6.07 Å². The zero-order valence-corrected chi connectivity index (χ0v) is 24.4. The van der Waals surface area contributed by atoms with Crippen LogP contribution in [0, 0.1) is 5.41 Å². The SMILES string of the molecule is CC(CNc1ccc(C(=N)N)cc1)NC(=O)C(NC(=O)c1ccc(OCc2ccccc2)cc1)c1ccc(Cl)cc1Cl. The quantitative estimate of drug-likeness (QED) is 0.101. The van der Waals surface area contributed by atoms with Crippen molar-refractivity contribution in [3.8, 4) is 5.75 Å². The first-order chi connectivity index (χ1) is 20.2. The summed E-state index contributed by atoms with van der Waals surface area (Å²) in [5, 5.41) is 17.2. The van der Waals surface area contributed by atoms with E-state index < -0.39 is 17.9 Å². The second-order valence-electron chi connectivity index (χ2n) is 9.65. The molecule has 4 aromatic rings. The number of ether oxygens (including phenoxy) is 1. The first-order valence-electron chi connectivity index (χ1n) is 13.2. The number of amides is 2. The molecule has 0 aliphatic rings. The number of carbonyl (C=O) groups excluding carboxylic acids is 2. The van der Waals surface area contributed by atoms with Crippen LogP contribution in [0.15, 0.2) is 97.1 Å². The predicted molar refractivity (Wildman–Crippen MR) is 167 cm³/mol. The van der Waals surface area contributed by atoms with Crippen LogP contribution in [0.2, 0.25) is 10.0 Å². The van der Waals surface area contributed by atoms with Gasteiger partial charge in [0.25, 0.3) is 5.91 Å². The lowest BCUT2D eigenvalue weighted by Gasteiger charge is -2.23. The van der Waals surface area contributed by atoms with Crippen molar-refractivity contribution in [3.63, 3.8) is 0 Å². The molecule has 0 radical (unpaired) electrons. The van der Waals surface area contributed by atoms with Crippen LogP contribution in [-0.2, 0) is 11.4 Å². The van der Waals surface area contributed by atoms with Crippen LogP contribution in [-0.4, -0.2) is 30.2 Å². The summed E-state index contributed by atoms with van der Waals surface area (Å²) in [4.78, 5) is 26.7. The van der Waals surface area contributed by atoms with E-state index in [0.717, 1.165) is 11.3 Å². The first kappa shape index (κ1) is 30.4. The summed E-state index contributed by atoms with van der Waals surface area (Å²) in [6.45, 7) is 2.65. The lowest BCUT2D eigenvalue weighted by molar-refractivity contribution is -0.123. The highest BCUT2D eigenvalue weighted by Crippen LogP contribution is 2.27. The lowest BCUT2D eigenvalue weighted by atomic mass is 10.0. The topological polar surface area (TPSA) is 129 Å². The molecule has 0 aliphatic carbocycles. The van der Waals surface area contributed by atoms with Crippen molar-refractivity contribution in [2.24, 2.45) is 5.73 Å². The summed E-state index contributed by atoms with van der Waals surface area (Å²) < 4.78 is 5.81. The van der Waals surface area contributed by atoms with Gasteiger partial charge in [-0.05, 0) is 73.2 Å². The van der Waals surface area contributed by atoms with Gasteiger partial charge >= 0.3 is 0 Å². The van der Waals surface area contributed by atoms with Crippen molar-refractivity contribution in [1.29, 1.82) is 5.41 Å². The molecule has 0 spiro atoms. The van der Waals surface area contributed by atoms with Crippen LogP contribution in [0.1, 0.15) is 40.0 Å². The standard InChI is InChI=1S/C32H31Cl2N5O3/c1-20(18-37-25-12-7-22(8-13-25)30(35)36)38-32(41)29(27-16-11-24(33)17-28(27)34)39-31(40)23-9-14-26(15-10-23)42-19-21-5-3-2-4-6-21/h2-17,20,29,37H,18-19H2,1H3,(H3,35,36)(H,38,41)(H,39,40). The molecule has 0 saturated heterocycles. The second-order valence-corrected chi connectivity index (χ2v) is 10.5. The molecule has 8 nitrogen and oxygen atoms in total. The summed E-state index contributed by atoms with van der Waals surface area (Å²) in [6.07, 6.45) is 0. The number of halogens is 2. The molecule has 0 heterocycles. The third-order valence-corrected chi connectivity index (χ3v) is 6.94. The zero-order valence-electron chi connectivity index (χ0n) is 22.9. The molecule has 0 saturated carbocycles. The molecule has 0 aromatic heterocycles. The van der Waals surface area contributed by atoms with Crippen molar-refractivity contribution in [3.05, 3.63) is 129 Å². The number of carbonyl (C=O) groups is 2. The molecule has 2 unspecified atom stereocenters. The molecule has 4 aromatic carbocycles. The van der Waals surface area contributed by atoms with Crippen molar-refractivity contribution in [2.75, 3.05) is 11.9 Å². The van der Waals surface area contributed by atoms with Crippen molar-refractivity contribution in [1.82, 2.24) is 10.6 Å². The van der Waals surface area contributed by atoms with Crippen LogP contribution in [0.25, 0.3) is 0 Å². The number of hydrogen-bond acceptors (Lipinski definition) is 5. The number of nitrogens with two attached hydrogens (primary N) is 1. The van der Waals surface area contributed by atoms with Crippen LogP contribution in [0.5, 0.6) is 5.75 Å². The van der Waals surface area contributed by atoms with Crippen molar-refractivity contribution < 1.29 is 14.3 Å². The Bertz CT molecular complexity index is 1530. The van der Waals surface area contributed by atoms with E-state index >= 15 is 0 Å². The summed E-state index contributed by atoms with van der Waals surface area (Å²) in [7, 11) is 0. The van der Waals surface area contributed by atoms with Gasteiger partial charge in [0.2, 0.25) is 5.91 Å². The highest BCUT2D eigenvalue weighted by molar-refractivity contribution is 6.35. The Kier molecular flexibility index (Phi) is 10.4. The third kappa shape index (κ3) is 8.49. The van der Waals surface area contributed by atoms with Gasteiger partial charge in [-0.15, -0.1) is 0 Å². The summed E-state index contributed by atoms with van der Waals surface area (Å²) in [5.74, 6) is -0.283. The maximum Gasteiger partial charge on any atom is 0.252 e. The largest absolute Gasteiger partial charge is 0.489 e. The number of benzene rings is 4. The predicted octanol–water partition coefficient (Wildman–Crippen LogP) is 5.94. The Hall–Kier alpha value is -4.53. The molecule has 0 aliphatic heterocycles. The molecule has 2 atom stereocenters. The minimum Gasteiger partial charge on any atom is -0.489 e. The van der Waals surface area contributed by atoms with E-state index in [9.17, 15) is 9.59 Å². The van der Waals surface area contributed by atoms with Gasteiger partial charge in [-0.25, -0.2) is 0 Å². The first-order valence-corrected chi connectivity index (χ1v) is 14.0. The van der Waals surface area contributed by atoms with E-state index in [4.69, 9.17) is 39.1 Å². The van der Waals surface area contributed by atoms with Crippen LogP contribution in [0.3, 0.4) is 0 Å². The Balaban J connectivity index is 1.42. The number of nitrogen functional groups attached to an aromatic ring is 1. The lowest BCUT2D eigenvalue weighted by Crippen LogP contribution is -2.45. The maximum absolute atomic E-state index is 13.5. The molecular formula is C32H31Cl2N5O3. The Labute approximate surface area is 254 Å². The molecule has 6 N–H and O–H groups in total. The minimum absolute atomic E-state index is 0.0107.